The molecule has 0 aliphatic rings. The van der Waals surface area contributed by atoms with Crippen LogP contribution < -0.4 is 5.32 Å². The summed E-state index contributed by atoms with van der Waals surface area (Å²) in [5, 5.41) is 2.99. The van der Waals surface area contributed by atoms with Crippen LogP contribution in [0.5, 0.6) is 0 Å². The summed E-state index contributed by atoms with van der Waals surface area (Å²) in [6.45, 7) is 0. The van der Waals surface area contributed by atoms with Gasteiger partial charge in [-0.25, -0.2) is 13.4 Å². The molecule has 130 valence electrons. The molecule has 5 nitrogen and oxygen atoms in total. The maximum absolute atomic E-state index is 12.7. The molecule has 0 unspecified atom stereocenters. The molecule has 3 aromatic rings. The number of hydrogen-bond acceptors (Lipinski definition) is 4. The van der Waals surface area contributed by atoms with Crippen molar-refractivity contribution >= 4 is 32.8 Å². The van der Waals surface area contributed by atoms with Gasteiger partial charge in [-0.2, -0.15) is 13.2 Å². The molecular formula is C16H12F3N3O2S. The van der Waals surface area contributed by atoms with Crippen LogP contribution in [0.15, 0.2) is 66.0 Å². The molecule has 0 amide bonds. The lowest BCUT2D eigenvalue weighted by Crippen LogP contribution is -2.23. The van der Waals surface area contributed by atoms with E-state index in [2.05, 4.69) is 10.3 Å². The summed E-state index contributed by atoms with van der Waals surface area (Å²) in [5.74, 6) is 0. The minimum Gasteiger partial charge on any atom is -0.360 e. The second-order valence-electron chi connectivity index (χ2n) is 5.08. The first kappa shape index (κ1) is 17.0. The maximum Gasteiger partial charge on any atom is 0.501 e. The van der Waals surface area contributed by atoms with Gasteiger partial charge in [0.15, 0.2) is 0 Å². The van der Waals surface area contributed by atoms with E-state index in [0.29, 0.717) is 5.52 Å². The quantitative estimate of drug-likeness (QED) is 0.760. The van der Waals surface area contributed by atoms with Gasteiger partial charge in [0.1, 0.15) is 0 Å². The molecule has 0 spiro atoms. The second-order valence-corrected chi connectivity index (χ2v) is 7.02. The van der Waals surface area contributed by atoms with Crippen molar-refractivity contribution in [1.82, 2.24) is 9.55 Å². The molecule has 1 aromatic heterocycles. The number of para-hydroxylation sites is 1. The first-order chi connectivity index (χ1) is 11.8. The number of nitrogens with zero attached hydrogens (tertiary/aromatic N) is 2. The Bertz CT molecular complexity index is 1030. The third-order valence-electron chi connectivity index (χ3n) is 3.42. The van der Waals surface area contributed by atoms with Crippen LogP contribution in [-0.4, -0.2) is 23.5 Å². The Labute approximate surface area is 141 Å². The van der Waals surface area contributed by atoms with Crippen molar-refractivity contribution in [3.8, 4) is 0 Å². The van der Waals surface area contributed by atoms with Gasteiger partial charge in [0.2, 0.25) is 0 Å². The molecule has 0 fully saturated rings. The van der Waals surface area contributed by atoms with E-state index in [9.17, 15) is 21.6 Å². The molecule has 0 saturated heterocycles. The van der Waals surface area contributed by atoms with E-state index >= 15 is 0 Å². The number of halogens is 3. The van der Waals surface area contributed by atoms with Crippen molar-refractivity contribution in [2.24, 2.45) is 0 Å². The Balaban J connectivity index is 1.94. The molecule has 25 heavy (non-hydrogen) atoms. The second kappa shape index (κ2) is 6.25. The van der Waals surface area contributed by atoms with E-state index in [1.165, 1.54) is 23.2 Å². The standard InChI is InChI=1S/C16H12F3N3O2S/c17-16(18,19)25(23,24)13-6-7-14-15(10-13)22(11-21-14)9-8-20-12-4-2-1-3-5-12/h1-11,20H. The Hall–Kier alpha value is -2.81. The predicted molar refractivity (Wildman–Crippen MR) is 88.4 cm³/mol. The van der Waals surface area contributed by atoms with Gasteiger partial charge < -0.3 is 9.88 Å². The number of alkyl halides is 3. The Kier molecular flexibility index (Phi) is 4.25. The summed E-state index contributed by atoms with van der Waals surface area (Å²) in [5.41, 5.74) is -3.90. The zero-order valence-corrected chi connectivity index (χ0v) is 13.4. The van der Waals surface area contributed by atoms with E-state index in [-0.39, 0.29) is 5.52 Å². The molecule has 9 heteroatoms. The van der Waals surface area contributed by atoms with Crippen molar-refractivity contribution in [2.45, 2.75) is 10.4 Å². The third-order valence-corrected chi connectivity index (χ3v) is 4.90. The highest BCUT2D eigenvalue weighted by molar-refractivity contribution is 7.92. The fourth-order valence-corrected chi connectivity index (χ4v) is 2.95. The van der Waals surface area contributed by atoms with Gasteiger partial charge in [0.05, 0.1) is 22.3 Å². The molecule has 0 saturated carbocycles. The van der Waals surface area contributed by atoms with E-state index in [4.69, 9.17) is 0 Å². The van der Waals surface area contributed by atoms with Gasteiger partial charge >= 0.3 is 5.51 Å². The van der Waals surface area contributed by atoms with Crippen LogP contribution in [0.3, 0.4) is 0 Å². The Morgan fingerprint density at radius 1 is 1.08 bits per heavy atom. The monoisotopic (exact) mass is 367 g/mol. The summed E-state index contributed by atoms with van der Waals surface area (Å²) in [4.78, 5) is 3.22. The van der Waals surface area contributed by atoms with Crippen molar-refractivity contribution < 1.29 is 21.6 Å². The Morgan fingerprint density at radius 3 is 2.48 bits per heavy atom. The molecular weight excluding hydrogens is 355 g/mol. The molecule has 0 bridgehead atoms. The number of hydrogen-bond donors (Lipinski definition) is 1. The number of imidazole rings is 1. The smallest absolute Gasteiger partial charge is 0.360 e. The predicted octanol–water partition coefficient (Wildman–Crippen LogP) is 3.87. The normalized spacial score (nSPS) is 12.8. The number of sulfone groups is 1. The molecule has 0 radical (unpaired) electrons. The van der Waals surface area contributed by atoms with Crippen LogP contribution in [0.2, 0.25) is 0 Å². The summed E-state index contributed by atoms with van der Waals surface area (Å²) in [7, 11) is -5.41. The lowest BCUT2D eigenvalue weighted by molar-refractivity contribution is -0.0435. The number of fused-ring (bicyclic) bond motifs is 1. The van der Waals surface area contributed by atoms with Crippen LogP contribution in [0, 0.1) is 0 Å². The molecule has 1 N–H and O–H groups in total. The first-order valence-corrected chi connectivity index (χ1v) is 8.53. The van der Waals surface area contributed by atoms with Crippen LogP contribution in [0.1, 0.15) is 0 Å². The van der Waals surface area contributed by atoms with Crippen LogP contribution in [-0.2, 0) is 9.84 Å². The zero-order chi connectivity index (χ0) is 18.1. The van der Waals surface area contributed by atoms with Crippen LogP contribution >= 0.6 is 0 Å². The first-order valence-electron chi connectivity index (χ1n) is 7.05. The number of aromatic nitrogens is 2. The van der Waals surface area contributed by atoms with Crippen molar-refractivity contribution in [3.63, 3.8) is 0 Å². The molecule has 0 atom stereocenters. The average molecular weight is 367 g/mol. The van der Waals surface area contributed by atoms with Crippen LogP contribution in [0.4, 0.5) is 18.9 Å². The van der Waals surface area contributed by atoms with Crippen molar-refractivity contribution in [3.05, 3.63) is 61.1 Å². The van der Waals surface area contributed by atoms with Gasteiger partial charge in [-0.3, -0.25) is 0 Å². The minimum atomic E-state index is -5.41. The molecule has 0 aliphatic carbocycles. The highest BCUT2D eigenvalue weighted by Gasteiger charge is 2.46. The molecule has 2 aromatic carbocycles. The number of anilines is 1. The van der Waals surface area contributed by atoms with E-state index in [1.807, 2.05) is 30.3 Å². The van der Waals surface area contributed by atoms with E-state index < -0.39 is 20.2 Å². The zero-order valence-electron chi connectivity index (χ0n) is 12.6. The van der Waals surface area contributed by atoms with Crippen molar-refractivity contribution in [2.75, 3.05) is 5.32 Å². The third kappa shape index (κ3) is 3.36. The summed E-state index contributed by atoms with van der Waals surface area (Å²) < 4.78 is 62.6. The van der Waals surface area contributed by atoms with E-state index in [0.717, 1.165) is 17.8 Å². The summed E-state index contributed by atoms with van der Waals surface area (Å²) in [6.07, 6.45) is 4.49. The highest BCUT2D eigenvalue weighted by Crippen LogP contribution is 2.31. The number of benzene rings is 2. The summed E-state index contributed by atoms with van der Waals surface area (Å²) in [6, 6.07) is 12.3. The van der Waals surface area contributed by atoms with Gasteiger partial charge in [0, 0.05) is 18.1 Å². The SMILES string of the molecule is O=S(=O)(c1ccc2ncn(C=CNc3ccccc3)c2c1)C(F)(F)F. The lowest BCUT2D eigenvalue weighted by atomic mass is 10.3. The molecule has 1 heterocycles. The summed E-state index contributed by atoms with van der Waals surface area (Å²) >= 11 is 0. The highest BCUT2D eigenvalue weighted by atomic mass is 32.2. The maximum atomic E-state index is 12.7. The molecule has 3 rings (SSSR count). The van der Waals surface area contributed by atoms with Gasteiger partial charge in [-0.05, 0) is 30.3 Å². The van der Waals surface area contributed by atoms with Gasteiger partial charge in [-0.15, -0.1) is 0 Å². The minimum absolute atomic E-state index is 0.247. The Morgan fingerprint density at radius 2 is 1.80 bits per heavy atom. The average Bonchev–Trinajstić information content (AvgIpc) is 2.97. The molecule has 0 aliphatic heterocycles. The van der Waals surface area contributed by atoms with Gasteiger partial charge in [0.25, 0.3) is 9.84 Å². The topological polar surface area (TPSA) is 64.0 Å². The van der Waals surface area contributed by atoms with E-state index in [1.54, 1.807) is 6.20 Å². The van der Waals surface area contributed by atoms with Crippen LogP contribution in [0.25, 0.3) is 17.2 Å². The lowest BCUT2D eigenvalue weighted by Gasteiger charge is -2.08. The fraction of sp³-hybridized carbons (Fsp3) is 0.0625. The van der Waals surface area contributed by atoms with Gasteiger partial charge in [-0.1, -0.05) is 18.2 Å². The largest absolute Gasteiger partial charge is 0.501 e. The number of nitrogens with one attached hydrogen (secondary N) is 1. The number of rotatable bonds is 4. The van der Waals surface area contributed by atoms with Crippen molar-refractivity contribution in [1.29, 1.82) is 0 Å². The fourth-order valence-electron chi connectivity index (χ4n) is 2.17.